The minimum Gasteiger partial charge on any atom is -0.381 e. The lowest BCUT2D eigenvalue weighted by Crippen LogP contribution is -2.54. The van der Waals surface area contributed by atoms with E-state index >= 15 is 0 Å². The van der Waals surface area contributed by atoms with Crippen molar-refractivity contribution >= 4 is 22.7 Å². The van der Waals surface area contributed by atoms with E-state index in [4.69, 9.17) is 4.74 Å². The van der Waals surface area contributed by atoms with Gasteiger partial charge < -0.3 is 15.4 Å². The first kappa shape index (κ1) is 24.9. The van der Waals surface area contributed by atoms with Crippen LogP contribution in [0.2, 0.25) is 0 Å². The van der Waals surface area contributed by atoms with Crippen molar-refractivity contribution in [2.24, 2.45) is 11.3 Å². The molecule has 186 valence electrons. The zero-order chi connectivity index (χ0) is 25.0. The summed E-state index contributed by atoms with van der Waals surface area (Å²) in [7, 11) is 0. The van der Waals surface area contributed by atoms with Crippen molar-refractivity contribution in [3.05, 3.63) is 65.6 Å². The number of hydrogen-bond acceptors (Lipinski definition) is 4. The van der Waals surface area contributed by atoms with Gasteiger partial charge in [0.2, 0.25) is 5.91 Å². The Labute approximate surface area is 205 Å². The summed E-state index contributed by atoms with van der Waals surface area (Å²) in [4.78, 5) is 26.5. The van der Waals surface area contributed by atoms with Crippen molar-refractivity contribution in [1.29, 1.82) is 0 Å². The van der Waals surface area contributed by atoms with Crippen LogP contribution >= 0.6 is 0 Å². The lowest BCUT2D eigenvalue weighted by molar-refractivity contribution is -0.125. The highest BCUT2D eigenvalue weighted by Gasteiger charge is 2.34. The van der Waals surface area contributed by atoms with Crippen LogP contribution in [0.15, 0.2) is 48.5 Å². The van der Waals surface area contributed by atoms with E-state index in [2.05, 4.69) is 15.7 Å². The quantitative estimate of drug-likeness (QED) is 0.537. The molecule has 2 N–H and O–H groups in total. The third-order valence-electron chi connectivity index (χ3n) is 6.43. The monoisotopic (exact) mass is 480 g/mol. The Kier molecular flexibility index (Phi) is 7.50. The van der Waals surface area contributed by atoms with Crippen molar-refractivity contribution in [2.75, 3.05) is 19.8 Å². The molecular formula is C27H33FN4O3. The highest BCUT2D eigenvalue weighted by Crippen LogP contribution is 2.23. The predicted octanol–water partition coefficient (Wildman–Crippen LogP) is 3.91. The number of carbonyl (C=O) groups excluding carboxylic acids is 2. The number of carbonyl (C=O) groups is 2. The Bertz CT molecular complexity index is 1180. The summed E-state index contributed by atoms with van der Waals surface area (Å²) in [6.45, 7) is 8.18. The van der Waals surface area contributed by atoms with Gasteiger partial charge in [0.15, 0.2) is 5.69 Å². The highest BCUT2D eigenvalue weighted by molar-refractivity contribution is 6.06. The van der Waals surface area contributed by atoms with Crippen molar-refractivity contribution in [3.63, 3.8) is 0 Å². The first-order chi connectivity index (χ1) is 16.7. The maximum absolute atomic E-state index is 13.4. The van der Waals surface area contributed by atoms with Crippen LogP contribution in [0.25, 0.3) is 10.9 Å². The number of ether oxygens (including phenoxy) is 1. The maximum Gasteiger partial charge on any atom is 0.273 e. The molecule has 1 saturated heterocycles. The van der Waals surface area contributed by atoms with Crippen LogP contribution in [0.3, 0.4) is 0 Å². The number of amides is 2. The molecule has 2 heterocycles. The van der Waals surface area contributed by atoms with Crippen molar-refractivity contribution in [2.45, 2.75) is 46.2 Å². The fourth-order valence-corrected chi connectivity index (χ4v) is 4.35. The Morgan fingerprint density at radius 3 is 2.49 bits per heavy atom. The van der Waals surface area contributed by atoms with E-state index in [9.17, 15) is 14.0 Å². The molecule has 1 fully saturated rings. The number of halogens is 1. The van der Waals surface area contributed by atoms with Crippen LogP contribution in [0, 0.1) is 17.2 Å². The summed E-state index contributed by atoms with van der Waals surface area (Å²) < 4.78 is 20.4. The molecule has 0 unspecified atom stereocenters. The van der Waals surface area contributed by atoms with Crippen LogP contribution in [-0.2, 0) is 16.1 Å². The highest BCUT2D eigenvalue weighted by atomic mass is 19.1. The second-order valence-electron chi connectivity index (χ2n) is 10.2. The summed E-state index contributed by atoms with van der Waals surface area (Å²) in [6, 6.07) is 13.0. The molecule has 8 heteroatoms. The molecule has 1 aliphatic heterocycles. The van der Waals surface area contributed by atoms with Gasteiger partial charge in [-0.3, -0.25) is 14.3 Å². The molecule has 2 aromatic carbocycles. The van der Waals surface area contributed by atoms with E-state index in [1.807, 2.05) is 45.0 Å². The molecule has 1 atom stereocenters. The number of fused-ring (bicyclic) bond motifs is 1. The number of rotatable bonds is 7. The Morgan fingerprint density at radius 2 is 1.80 bits per heavy atom. The summed E-state index contributed by atoms with van der Waals surface area (Å²) in [5, 5.41) is 11.2. The number of aromatic nitrogens is 2. The van der Waals surface area contributed by atoms with E-state index in [-0.39, 0.29) is 17.4 Å². The predicted molar refractivity (Wildman–Crippen MR) is 132 cm³/mol. The van der Waals surface area contributed by atoms with Gasteiger partial charge in [0.1, 0.15) is 11.9 Å². The Balaban J connectivity index is 1.53. The molecule has 7 nitrogen and oxygen atoms in total. The number of para-hydroxylation sites is 1. The van der Waals surface area contributed by atoms with Crippen molar-refractivity contribution < 1.29 is 18.7 Å². The van der Waals surface area contributed by atoms with Crippen LogP contribution in [0.1, 0.15) is 49.7 Å². The summed E-state index contributed by atoms with van der Waals surface area (Å²) in [5.41, 5.74) is 1.42. The third-order valence-corrected chi connectivity index (χ3v) is 6.43. The second kappa shape index (κ2) is 10.6. The average Bonchev–Trinajstić information content (AvgIpc) is 3.21. The molecule has 4 rings (SSSR count). The minimum absolute atomic E-state index is 0.201. The lowest BCUT2D eigenvalue weighted by Gasteiger charge is -2.31. The van der Waals surface area contributed by atoms with Gasteiger partial charge in [0, 0.05) is 25.1 Å². The fourth-order valence-electron chi connectivity index (χ4n) is 4.35. The van der Waals surface area contributed by atoms with Gasteiger partial charge in [-0.05, 0) is 47.9 Å². The molecule has 1 aliphatic rings. The third kappa shape index (κ3) is 6.06. The molecule has 0 aliphatic carbocycles. The molecule has 0 saturated carbocycles. The zero-order valence-electron chi connectivity index (χ0n) is 20.5. The van der Waals surface area contributed by atoms with Gasteiger partial charge in [0.05, 0.1) is 12.1 Å². The van der Waals surface area contributed by atoms with Gasteiger partial charge in [-0.15, -0.1) is 0 Å². The first-order valence-electron chi connectivity index (χ1n) is 12.1. The van der Waals surface area contributed by atoms with Gasteiger partial charge in [-0.25, -0.2) is 4.39 Å². The van der Waals surface area contributed by atoms with Crippen molar-refractivity contribution in [3.8, 4) is 0 Å². The van der Waals surface area contributed by atoms with Crippen LogP contribution in [0.5, 0.6) is 0 Å². The second-order valence-corrected chi connectivity index (χ2v) is 10.2. The largest absolute Gasteiger partial charge is 0.381 e. The zero-order valence-corrected chi connectivity index (χ0v) is 20.5. The van der Waals surface area contributed by atoms with Gasteiger partial charge >= 0.3 is 0 Å². The molecular weight excluding hydrogens is 447 g/mol. The number of nitrogens with zero attached hydrogens (tertiary/aromatic N) is 2. The van der Waals surface area contributed by atoms with Crippen molar-refractivity contribution in [1.82, 2.24) is 20.4 Å². The smallest absolute Gasteiger partial charge is 0.273 e. The van der Waals surface area contributed by atoms with Gasteiger partial charge in [-0.1, -0.05) is 51.1 Å². The average molecular weight is 481 g/mol. The summed E-state index contributed by atoms with van der Waals surface area (Å²) in [5.74, 6) is -0.523. The van der Waals surface area contributed by atoms with Crippen LogP contribution in [-0.4, -0.2) is 47.4 Å². The summed E-state index contributed by atoms with van der Waals surface area (Å²) >= 11 is 0. The van der Waals surface area contributed by atoms with E-state index in [0.29, 0.717) is 37.6 Å². The van der Waals surface area contributed by atoms with E-state index in [0.717, 1.165) is 23.9 Å². The van der Waals surface area contributed by atoms with E-state index < -0.39 is 17.4 Å². The Morgan fingerprint density at radius 1 is 1.11 bits per heavy atom. The normalized spacial score (nSPS) is 15.7. The SMILES string of the molecule is CC(C)(C)[C@H](NC(=O)c1nn(Cc2ccc(F)cc2)c2ccccc12)C(=O)NCC1CCOCC1. The maximum atomic E-state index is 13.4. The lowest BCUT2D eigenvalue weighted by atomic mass is 9.85. The molecule has 0 spiro atoms. The fraction of sp³-hybridized carbons (Fsp3) is 0.444. The van der Waals surface area contributed by atoms with Crippen LogP contribution < -0.4 is 10.6 Å². The van der Waals surface area contributed by atoms with Gasteiger partial charge in [0.25, 0.3) is 5.91 Å². The number of benzene rings is 2. The number of hydrogen-bond donors (Lipinski definition) is 2. The molecule has 2 amide bonds. The summed E-state index contributed by atoms with van der Waals surface area (Å²) in [6.07, 6.45) is 1.84. The Hall–Kier alpha value is -3.26. The molecule has 0 radical (unpaired) electrons. The topological polar surface area (TPSA) is 85.2 Å². The first-order valence-corrected chi connectivity index (χ1v) is 12.1. The molecule has 35 heavy (non-hydrogen) atoms. The minimum atomic E-state index is -0.726. The molecule has 3 aromatic rings. The molecule has 0 bridgehead atoms. The van der Waals surface area contributed by atoms with E-state index in [1.165, 1.54) is 12.1 Å². The standard InChI is InChI=1S/C27H33FN4O3/c1-27(2,3)24(26(34)29-16-18-12-14-35-15-13-18)30-25(33)23-21-6-4-5-7-22(21)32(31-23)17-19-8-10-20(28)11-9-19/h4-11,18,24H,12-17H2,1-3H3,(H,29,34)(H,30,33)/t24-/m1/s1. The van der Waals surface area contributed by atoms with Crippen LogP contribution in [0.4, 0.5) is 4.39 Å². The van der Waals surface area contributed by atoms with E-state index in [1.54, 1.807) is 16.8 Å². The molecule has 1 aromatic heterocycles. The number of nitrogens with one attached hydrogen (secondary N) is 2. The van der Waals surface area contributed by atoms with Gasteiger partial charge in [-0.2, -0.15) is 5.10 Å².